The molecule has 0 fully saturated rings. The maximum absolute atomic E-state index is 12.5. The first-order valence-electron chi connectivity index (χ1n) is 5.76. The van der Waals surface area contributed by atoms with E-state index in [4.69, 9.17) is 22.1 Å². The zero-order valence-electron chi connectivity index (χ0n) is 10.7. The van der Waals surface area contributed by atoms with Crippen LogP contribution < -0.4 is 10.5 Å². The van der Waals surface area contributed by atoms with Crippen LogP contribution in [0.2, 0.25) is 5.02 Å². The summed E-state index contributed by atoms with van der Waals surface area (Å²) >= 11 is 5.94. The van der Waals surface area contributed by atoms with Crippen molar-refractivity contribution in [3.05, 3.63) is 58.1 Å². The predicted octanol–water partition coefficient (Wildman–Crippen LogP) is 3.47. The van der Waals surface area contributed by atoms with Crippen molar-refractivity contribution < 1.29 is 9.53 Å². The number of hydrogen-bond acceptors (Lipinski definition) is 3. The Bertz CT molecular complexity index is 618. The fourth-order valence-electron chi connectivity index (χ4n) is 1.96. The zero-order valence-corrected chi connectivity index (χ0v) is 11.5. The van der Waals surface area contributed by atoms with Crippen LogP contribution in [0.15, 0.2) is 36.4 Å². The highest BCUT2D eigenvalue weighted by molar-refractivity contribution is 6.31. The summed E-state index contributed by atoms with van der Waals surface area (Å²) in [6, 6.07) is 10.2. The van der Waals surface area contributed by atoms with Crippen molar-refractivity contribution in [2.45, 2.75) is 6.92 Å². The second-order valence-corrected chi connectivity index (χ2v) is 4.74. The number of aryl methyl sites for hydroxylation is 1. The van der Waals surface area contributed by atoms with E-state index in [0.29, 0.717) is 27.6 Å². The van der Waals surface area contributed by atoms with Crippen molar-refractivity contribution in [2.75, 3.05) is 12.8 Å². The molecule has 0 radical (unpaired) electrons. The third kappa shape index (κ3) is 2.88. The summed E-state index contributed by atoms with van der Waals surface area (Å²) in [4.78, 5) is 12.5. The highest BCUT2D eigenvalue weighted by Gasteiger charge is 2.15. The Morgan fingerprint density at radius 1 is 1.21 bits per heavy atom. The van der Waals surface area contributed by atoms with Gasteiger partial charge in [0.2, 0.25) is 0 Å². The van der Waals surface area contributed by atoms with Crippen molar-refractivity contribution in [1.29, 1.82) is 0 Å². The van der Waals surface area contributed by atoms with Gasteiger partial charge in [-0.1, -0.05) is 11.6 Å². The summed E-state index contributed by atoms with van der Waals surface area (Å²) in [5, 5.41) is 0.491. The number of nitrogens with two attached hydrogens (primary N) is 1. The minimum absolute atomic E-state index is 0.158. The number of carbonyl (C=O) groups is 1. The molecule has 2 N–H and O–H groups in total. The molecule has 2 aromatic rings. The van der Waals surface area contributed by atoms with E-state index in [1.54, 1.807) is 30.3 Å². The van der Waals surface area contributed by atoms with Crippen LogP contribution in [0.4, 0.5) is 5.69 Å². The van der Waals surface area contributed by atoms with Gasteiger partial charge < -0.3 is 10.5 Å². The Hall–Kier alpha value is -2.00. The quantitative estimate of drug-likeness (QED) is 0.689. The number of hydrogen-bond donors (Lipinski definition) is 1. The van der Waals surface area contributed by atoms with Crippen LogP contribution in [0.3, 0.4) is 0 Å². The lowest BCUT2D eigenvalue weighted by molar-refractivity contribution is 0.103. The second kappa shape index (κ2) is 5.33. The number of benzene rings is 2. The minimum Gasteiger partial charge on any atom is -0.496 e. The second-order valence-electron chi connectivity index (χ2n) is 4.31. The number of nitrogen functional groups attached to an aromatic ring is 1. The summed E-state index contributed by atoms with van der Waals surface area (Å²) in [6.45, 7) is 1.89. The number of ketones is 1. The molecule has 0 aliphatic carbocycles. The van der Waals surface area contributed by atoms with Gasteiger partial charge in [-0.15, -0.1) is 0 Å². The number of anilines is 1. The summed E-state index contributed by atoms with van der Waals surface area (Å²) in [5.74, 6) is 0.337. The van der Waals surface area contributed by atoms with Crippen LogP contribution in [0.1, 0.15) is 21.5 Å². The van der Waals surface area contributed by atoms with Crippen molar-refractivity contribution in [1.82, 2.24) is 0 Å². The van der Waals surface area contributed by atoms with Crippen LogP contribution in [0.5, 0.6) is 5.75 Å². The first-order valence-corrected chi connectivity index (χ1v) is 6.14. The molecule has 0 aliphatic rings. The molecule has 2 rings (SSSR count). The number of halogens is 1. The highest BCUT2D eigenvalue weighted by atomic mass is 35.5. The van der Waals surface area contributed by atoms with Crippen molar-refractivity contribution in [3.63, 3.8) is 0 Å². The molecule has 19 heavy (non-hydrogen) atoms. The van der Waals surface area contributed by atoms with Crippen LogP contribution in [-0.4, -0.2) is 12.9 Å². The van der Waals surface area contributed by atoms with Crippen LogP contribution in [0, 0.1) is 6.92 Å². The van der Waals surface area contributed by atoms with E-state index >= 15 is 0 Å². The van der Waals surface area contributed by atoms with Crippen LogP contribution in [-0.2, 0) is 0 Å². The minimum atomic E-state index is -0.158. The lowest BCUT2D eigenvalue weighted by Crippen LogP contribution is -2.05. The molecule has 0 atom stereocenters. The predicted molar refractivity (Wildman–Crippen MR) is 77.0 cm³/mol. The molecule has 98 valence electrons. The Morgan fingerprint density at radius 2 is 1.95 bits per heavy atom. The first-order chi connectivity index (χ1) is 9.01. The SMILES string of the molecule is COc1ccc(Cl)cc1C(=O)c1cc(C)cc(N)c1. The van der Waals surface area contributed by atoms with Gasteiger partial charge in [-0.05, 0) is 48.9 Å². The Morgan fingerprint density at radius 3 is 2.58 bits per heavy atom. The molecule has 3 nitrogen and oxygen atoms in total. The van der Waals surface area contributed by atoms with Gasteiger partial charge in [-0.25, -0.2) is 0 Å². The molecule has 0 heterocycles. The van der Waals surface area contributed by atoms with Gasteiger partial charge in [0.25, 0.3) is 0 Å². The third-order valence-corrected chi connectivity index (χ3v) is 3.00. The van der Waals surface area contributed by atoms with E-state index in [1.807, 2.05) is 13.0 Å². The van der Waals surface area contributed by atoms with E-state index in [1.165, 1.54) is 7.11 Å². The molecule has 2 aromatic carbocycles. The smallest absolute Gasteiger partial charge is 0.196 e. The van der Waals surface area contributed by atoms with Crippen LogP contribution in [0.25, 0.3) is 0 Å². The zero-order chi connectivity index (χ0) is 14.0. The van der Waals surface area contributed by atoms with E-state index in [9.17, 15) is 4.79 Å². The van der Waals surface area contributed by atoms with E-state index in [-0.39, 0.29) is 5.78 Å². The molecule has 0 aromatic heterocycles. The molecule has 0 saturated carbocycles. The Kier molecular flexibility index (Phi) is 3.76. The normalized spacial score (nSPS) is 10.3. The molecule has 4 heteroatoms. The monoisotopic (exact) mass is 275 g/mol. The maximum atomic E-state index is 12.5. The summed E-state index contributed by atoms with van der Waals surface area (Å²) in [5.41, 5.74) is 8.22. The first kappa shape index (κ1) is 13.4. The van der Waals surface area contributed by atoms with Gasteiger partial charge >= 0.3 is 0 Å². The molecular weight excluding hydrogens is 262 g/mol. The molecule has 0 amide bonds. The Labute approximate surface area is 117 Å². The highest BCUT2D eigenvalue weighted by Crippen LogP contribution is 2.26. The summed E-state index contributed by atoms with van der Waals surface area (Å²) in [7, 11) is 1.52. The molecule has 0 spiro atoms. The molecule has 0 bridgehead atoms. The number of ether oxygens (including phenoxy) is 1. The van der Waals surface area contributed by atoms with Gasteiger partial charge in [-0.2, -0.15) is 0 Å². The summed E-state index contributed by atoms with van der Waals surface area (Å²) in [6.07, 6.45) is 0. The lowest BCUT2D eigenvalue weighted by Gasteiger charge is -2.09. The molecular formula is C15H14ClNO2. The van der Waals surface area contributed by atoms with Gasteiger partial charge in [0.15, 0.2) is 5.78 Å². The fourth-order valence-corrected chi connectivity index (χ4v) is 2.13. The number of rotatable bonds is 3. The average molecular weight is 276 g/mol. The van der Waals surface area contributed by atoms with Gasteiger partial charge in [0.05, 0.1) is 12.7 Å². The van der Waals surface area contributed by atoms with Crippen molar-refractivity contribution >= 4 is 23.1 Å². The maximum Gasteiger partial charge on any atom is 0.196 e. The Balaban J connectivity index is 2.52. The summed E-state index contributed by atoms with van der Waals surface area (Å²) < 4.78 is 5.19. The average Bonchev–Trinajstić information content (AvgIpc) is 2.36. The standard InChI is InChI=1S/C15H14ClNO2/c1-9-5-10(7-12(17)6-9)15(18)13-8-11(16)3-4-14(13)19-2/h3-8H,17H2,1-2H3. The fraction of sp³-hybridized carbons (Fsp3) is 0.133. The van der Waals surface area contributed by atoms with Crippen molar-refractivity contribution in [2.24, 2.45) is 0 Å². The van der Waals surface area contributed by atoms with Gasteiger partial charge in [0.1, 0.15) is 5.75 Å². The lowest BCUT2D eigenvalue weighted by atomic mass is 10.00. The topological polar surface area (TPSA) is 52.3 Å². The van der Waals surface area contributed by atoms with E-state index in [2.05, 4.69) is 0 Å². The van der Waals surface area contributed by atoms with Gasteiger partial charge in [0, 0.05) is 16.3 Å². The number of carbonyl (C=O) groups excluding carboxylic acids is 1. The van der Waals surface area contributed by atoms with Gasteiger partial charge in [-0.3, -0.25) is 4.79 Å². The third-order valence-electron chi connectivity index (χ3n) is 2.77. The number of methoxy groups -OCH3 is 1. The molecule has 0 saturated heterocycles. The van der Waals surface area contributed by atoms with Crippen LogP contribution >= 0.6 is 11.6 Å². The van der Waals surface area contributed by atoms with Crippen molar-refractivity contribution in [3.8, 4) is 5.75 Å². The van der Waals surface area contributed by atoms with E-state index in [0.717, 1.165) is 5.56 Å². The van der Waals surface area contributed by atoms with E-state index < -0.39 is 0 Å². The molecule has 0 unspecified atom stereocenters. The molecule has 0 aliphatic heterocycles. The largest absolute Gasteiger partial charge is 0.496 e.